The molecule has 0 N–H and O–H groups in total. The van der Waals surface area contributed by atoms with E-state index >= 15 is 0 Å². The maximum atomic E-state index is 14.9. The number of hydrogen-bond donors (Lipinski definition) is 0. The summed E-state index contributed by atoms with van der Waals surface area (Å²) in [5, 5.41) is 1.52. The third kappa shape index (κ3) is 7.46. The predicted molar refractivity (Wildman–Crippen MR) is 155 cm³/mol. The van der Waals surface area contributed by atoms with E-state index in [0.29, 0.717) is 11.8 Å². The van der Waals surface area contributed by atoms with Crippen LogP contribution < -0.4 is 0 Å². The number of unbranched alkanes of at least 4 members (excludes halogenated alkanes) is 2. The number of halogens is 1. The Balaban J connectivity index is 1.41. The van der Waals surface area contributed by atoms with Crippen LogP contribution in [0, 0.1) is 29.5 Å². The highest BCUT2D eigenvalue weighted by Gasteiger charge is 2.07. The first-order valence-corrected chi connectivity index (χ1v) is 13.2. The molecule has 0 aliphatic rings. The van der Waals surface area contributed by atoms with Crippen LogP contribution in [0.3, 0.4) is 0 Å². The SMILES string of the molecule is C/C=C/CCc1ccc2cc(C#Cc3ccc(C#Cc4ccc(CCCCC)cc4)cc3)ccc2c1F. The Hall–Kier alpha value is -4.07. The van der Waals surface area contributed by atoms with E-state index in [9.17, 15) is 4.39 Å². The fourth-order valence-electron chi connectivity index (χ4n) is 4.27. The molecule has 0 spiro atoms. The summed E-state index contributed by atoms with van der Waals surface area (Å²) in [6, 6.07) is 26.1. The summed E-state index contributed by atoms with van der Waals surface area (Å²) >= 11 is 0. The van der Waals surface area contributed by atoms with Gasteiger partial charge in [-0.2, -0.15) is 0 Å². The zero-order chi connectivity index (χ0) is 25.9. The van der Waals surface area contributed by atoms with Crippen molar-refractivity contribution in [3.05, 3.63) is 130 Å². The van der Waals surface area contributed by atoms with Crippen LogP contribution >= 0.6 is 0 Å². The smallest absolute Gasteiger partial charge is 0.134 e. The fourth-order valence-corrected chi connectivity index (χ4v) is 4.27. The molecule has 0 atom stereocenters. The van der Waals surface area contributed by atoms with Crippen LogP contribution in [0.25, 0.3) is 10.8 Å². The van der Waals surface area contributed by atoms with Crippen LogP contribution in [-0.2, 0) is 12.8 Å². The molecule has 0 radical (unpaired) electrons. The molecule has 0 bridgehead atoms. The predicted octanol–water partition coefficient (Wildman–Crippen LogP) is 9.02. The molecule has 0 nitrogen and oxygen atoms in total. The third-order valence-corrected chi connectivity index (χ3v) is 6.46. The molecule has 0 aromatic heterocycles. The molecule has 0 aliphatic carbocycles. The van der Waals surface area contributed by atoms with E-state index in [2.05, 4.69) is 60.9 Å². The van der Waals surface area contributed by atoms with Crippen LogP contribution in [0.4, 0.5) is 4.39 Å². The second kappa shape index (κ2) is 13.3. The Morgan fingerprint density at radius 1 is 0.676 bits per heavy atom. The molecule has 0 saturated heterocycles. The van der Waals surface area contributed by atoms with E-state index in [-0.39, 0.29) is 5.82 Å². The first-order valence-electron chi connectivity index (χ1n) is 13.2. The summed E-state index contributed by atoms with van der Waals surface area (Å²) in [6.07, 6.45) is 10.5. The monoisotopic (exact) mass is 484 g/mol. The van der Waals surface area contributed by atoms with Gasteiger partial charge in [-0.3, -0.25) is 0 Å². The minimum absolute atomic E-state index is 0.124. The van der Waals surface area contributed by atoms with Gasteiger partial charge in [0.05, 0.1) is 0 Å². The maximum absolute atomic E-state index is 14.9. The summed E-state index contributed by atoms with van der Waals surface area (Å²) in [4.78, 5) is 0. The molecule has 0 amide bonds. The lowest BCUT2D eigenvalue weighted by atomic mass is 10.0. The summed E-state index contributed by atoms with van der Waals surface area (Å²) in [6.45, 7) is 4.21. The topological polar surface area (TPSA) is 0 Å². The van der Waals surface area contributed by atoms with Gasteiger partial charge in [-0.1, -0.05) is 85.9 Å². The van der Waals surface area contributed by atoms with Gasteiger partial charge in [0.15, 0.2) is 0 Å². The summed E-state index contributed by atoms with van der Waals surface area (Å²) < 4.78 is 14.9. The first-order chi connectivity index (χ1) is 18.2. The van der Waals surface area contributed by atoms with Gasteiger partial charge >= 0.3 is 0 Å². The van der Waals surface area contributed by atoms with Gasteiger partial charge in [0, 0.05) is 27.6 Å². The Morgan fingerprint density at radius 2 is 1.27 bits per heavy atom. The number of allylic oxidation sites excluding steroid dienone is 2. The van der Waals surface area contributed by atoms with Gasteiger partial charge in [0.2, 0.25) is 0 Å². The summed E-state index contributed by atoms with van der Waals surface area (Å²) in [5.41, 5.74) is 5.92. The largest absolute Gasteiger partial charge is 0.206 e. The second-order valence-corrected chi connectivity index (χ2v) is 9.31. The van der Waals surface area contributed by atoms with Gasteiger partial charge in [-0.05, 0) is 97.7 Å². The van der Waals surface area contributed by atoms with Crippen molar-refractivity contribution >= 4 is 10.8 Å². The summed E-state index contributed by atoms with van der Waals surface area (Å²) in [7, 11) is 0. The molecule has 0 fully saturated rings. The van der Waals surface area contributed by atoms with Crippen molar-refractivity contribution in [1.29, 1.82) is 0 Å². The Morgan fingerprint density at radius 3 is 1.89 bits per heavy atom. The molecule has 0 aliphatic heterocycles. The van der Waals surface area contributed by atoms with E-state index in [1.165, 1.54) is 24.8 Å². The molecule has 4 aromatic rings. The van der Waals surface area contributed by atoms with Gasteiger partial charge in [-0.15, -0.1) is 0 Å². The number of fused-ring (bicyclic) bond motifs is 1. The van der Waals surface area contributed by atoms with Crippen LogP contribution in [0.2, 0.25) is 0 Å². The van der Waals surface area contributed by atoms with E-state index in [4.69, 9.17) is 0 Å². The van der Waals surface area contributed by atoms with Crippen molar-refractivity contribution in [2.24, 2.45) is 0 Å². The van der Waals surface area contributed by atoms with E-state index in [0.717, 1.165) is 46.0 Å². The van der Waals surface area contributed by atoms with Crippen LogP contribution in [-0.4, -0.2) is 0 Å². The molecule has 4 aromatic carbocycles. The average molecular weight is 485 g/mol. The molecule has 4 rings (SSSR count). The van der Waals surface area contributed by atoms with Crippen molar-refractivity contribution in [3.63, 3.8) is 0 Å². The third-order valence-electron chi connectivity index (χ3n) is 6.46. The first kappa shape index (κ1) is 26.0. The highest BCUT2D eigenvalue weighted by Crippen LogP contribution is 2.23. The van der Waals surface area contributed by atoms with E-state index in [1.807, 2.05) is 67.6 Å². The van der Waals surface area contributed by atoms with Gasteiger partial charge in [0.1, 0.15) is 5.82 Å². The maximum Gasteiger partial charge on any atom is 0.134 e. The lowest BCUT2D eigenvalue weighted by Crippen LogP contribution is -1.92. The van der Waals surface area contributed by atoms with Crippen molar-refractivity contribution in [2.75, 3.05) is 0 Å². The summed E-state index contributed by atoms with van der Waals surface area (Å²) in [5.74, 6) is 12.8. The molecule has 1 heteroatoms. The van der Waals surface area contributed by atoms with Crippen molar-refractivity contribution in [2.45, 2.75) is 52.4 Å². The number of aryl methyl sites for hydroxylation is 2. The number of benzene rings is 4. The quantitative estimate of drug-likeness (QED) is 0.139. The molecule has 0 saturated carbocycles. The van der Waals surface area contributed by atoms with Crippen molar-refractivity contribution < 1.29 is 4.39 Å². The molecule has 37 heavy (non-hydrogen) atoms. The van der Waals surface area contributed by atoms with E-state index in [1.54, 1.807) is 0 Å². The fraction of sp³-hybridized carbons (Fsp3) is 0.222. The van der Waals surface area contributed by atoms with Gasteiger partial charge in [0.25, 0.3) is 0 Å². The molecular weight excluding hydrogens is 451 g/mol. The lowest BCUT2D eigenvalue weighted by molar-refractivity contribution is 0.621. The minimum atomic E-state index is -0.124. The van der Waals surface area contributed by atoms with Gasteiger partial charge in [-0.25, -0.2) is 4.39 Å². The Bertz CT molecular complexity index is 1480. The lowest BCUT2D eigenvalue weighted by Gasteiger charge is -2.06. The number of hydrogen-bond acceptors (Lipinski definition) is 0. The molecule has 184 valence electrons. The molecular formula is C36H33F. The van der Waals surface area contributed by atoms with Crippen LogP contribution in [0.15, 0.2) is 91.0 Å². The number of rotatable bonds is 7. The second-order valence-electron chi connectivity index (χ2n) is 9.31. The average Bonchev–Trinajstić information content (AvgIpc) is 2.93. The molecule has 0 unspecified atom stereocenters. The molecule has 0 heterocycles. The van der Waals surface area contributed by atoms with E-state index < -0.39 is 0 Å². The standard InChI is InChI=1S/C36H33F/c1-3-5-7-9-28-11-13-29(14-12-28)15-16-30-17-19-31(20-18-30)21-22-32-23-26-35-34(27-32)25-24-33(36(35)37)10-8-6-4-2/h4,6,11-14,17-20,23-27H,3,5,7-10H2,1-2H3/b6-4+. The van der Waals surface area contributed by atoms with Crippen molar-refractivity contribution in [1.82, 2.24) is 0 Å². The highest BCUT2D eigenvalue weighted by atomic mass is 19.1. The normalized spacial score (nSPS) is 10.7. The van der Waals surface area contributed by atoms with Crippen molar-refractivity contribution in [3.8, 4) is 23.7 Å². The Kier molecular flexibility index (Phi) is 9.35. The zero-order valence-corrected chi connectivity index (χ0v) is 21.8. The highest BCUT2D eigenvalue weighted by molar-refractivity contribution is 5.85. The van der Waals surface area contributed by atoms with Gasteiger partial charge < -0.3 is 0 Å². The zero-order valence-electron chi connectivity index (χ0n) is 21.8. The van der Waals surface area contributed by atoms with Crippen LogP contribution in [0.1, 0.15) is 72.9 Å². The Labute approximate surface area is 221 Å². The minimum Gasteiger partial charge on any atom is -0.206 e. The van der Waals surface area contributed by atoms with Crippen LogP contribution in [0.5, 0.6) is 0 Å².